The second-order valence-electron chi connectivity index (χ2n) is 0. The molecule has 0 saturated carbocycles. The maximum Gasteiger partial charge on any atom is 0 e. The summed E-state index contributed by atoms with van der Waals surface area (Å²) in [5, 5.41) is 0. The average molecular weight is 365 g/mol. The van der Waals surface area contributed by atoms with Crippen LogP contribution >= 0.6 is 0 Å². The summed E-state index contributed by atoms with van der Waals surface area (Å²) in [7, 11) is 0. The maximum atomic E-state index is 0. The molecule has 11 radical (unpaired) electrons. The molecule has 0 rings (SSSR count). The maximum absolute atomic E-state index is 0. The fourth-order valence-electron chi connectivity index (χ4n) is 0. The Labute approximate surface area is 82.5 Å². The molecule has 0 bridgehead atoms. The predicted octanol–water partition coefficient (Wildman–Crippen LogP) is -1.14. The van der Waals surface area contributed by atoms with Crippen LogP contribution in [-0.4, -0.2) is 67.3 Å². The van der Waals surface area contributed by atoms with E-state index in [1.807, 2.05) is 0 Å². The van der Waals surface area contributed by atoms with Crippen molar-refractivity contribution in [1.29, 1.82) is 0 Å². The van der Waals surface area contributed by atoms with Crippen LogP contribution in [-0.2, 0) is 16.5 Å². The van der Waals surface area contributed by atoms with E-state index in [0.717, 1.165) is 0 Å². The van der Waals surface area contributed by atoms with Gasteiger partial charge >= 0.3 is 0 Å². The van der Waals surface area contributed by atoms with Crippen molar-refractivity contribution in [3.63, 3.8) is 0 Å². The summed E-state index contributed by atoms with van der Waals surface area (Å²) in [5.41, 5.74) is 0. The monoisotopic (exact) mass is 367 g/mol. The van der Waals surface area contributed by atoms with Crippen LogP contribution in [0.2, 0.25) is 0 Å². The Bertz CT molecular complexity index is 8.00. The molecule has 4 heavy (non-hydrogen) atoms. The third-order valence-corrected chi connectivity index (χ3v) is 0. The molecule has 0 fully saturated rings. The van der Waals surface area contributed by atoms with Crippen molar-refractivity contribution in [2.75, 3.05) is 0 Å². The molecule has 0 saturated heterocycles. The van der Waals surface area contributed by atoms with Crippen molar-refractivity contribution >= 4 is 67.3 Å². The minimum atomic E-state index is 0. The Hall–Kier alpha value is 2.71. The number of hydrogen-bond acceptors (Lipinski definition) is 0. The summed E-state index contributed by atoms with van der Waals surface area (Å²) in [6, 6.07) is 0. The summed E-state index contributed by atoms with van der Waals surface area (Å²) in [5.74, 6) is 0. The fraction of sp³-hybridized carbons (Fsp3) is 0. The first-order valence-electron chi connectivity index (χ1n) is 0. The zero-order valence-corrected chi connectivity index (χ0v) is 11.1. The van der Waals surface area contributed by atoms with Crippen molar-refractivity contribution in [3.8, 4) is 0 Å². The largest absolute Gasteiger partial charge is 0 e. The van der Waals surface area contributed by atoms with E-state index < -0.39 is 0 Å². The second kappa shape index (κ2) is 17.3. The summed E-state index contributed by atoms with van der Waals surface area (Å²) < 4.78 is 0. The van der Waals surface area contributed by atoms with Gasteiger partial charge in [-0.1, -0.05) is 0 Å². The van der Waals surface area contributed by atoms with Crippen molar-refractivity contribution < 1.29 is 16.5 Å². The average Bonchev–Trinajstić information content (AvgIpc) is 0. The van der Waals surface area contributed by atoms with Gasteiger partial charge in [-0.2, -0.15) is 0 Å². The molecule has 0 aromatic rings. The molecule has 0 aromatic heterocycles. The summed E-state index contributed by atoms with van der Waals surface area (Å²) in [6.07, 6.45) is 0. The predicted molar refractivity (Wildman–Crippen MR) is 17.3 cm³/mol. The Balaban J connectivity index is 0. The van der Waals surface area contributed by atoms with Crippen LogP contribution in [0.3, 0.4) is 0 Å². The quantitative estimate of drug-likeness (QED) is 0.477. The third-order valence-electron chi connectivity index (χ3n) is 0. The number of hydrogen-bond donors (Lipinski definition) is 0. The molecule has 0 amide bonds. The molecular weight excluding hydrogens is 365 g/mol. The Kier molecular flexibility index (Phi) is 129. The van der Waals surface area contributed by atoms with Crippen LogP contribution in [0.5, 0.6) is 0 Å². The van der Waals surface area contributed by atoms with Crippen molar-refractivity contribution in [1.82, 2.24) is 0 Å². The molecule has 0 aliphatic carbocycles. The van der Waals surface area contributed by atoms with Gasteiger partial charge in [0.15, 0.2) is 0 Å². The molecule has 0 spiro atoms. The van der Waals surface area contributed by atoms with Crippen molar-refractivity contribution in [2.24, 2.45) is 0 Å². The molecule has 4 heteroatoms. The molecule has 21 valence electrons. The summed E-state index contributed by atoms with van der Waals surface area (Å²) in [6.45, 7) is 0. The third kappa shape index (κ3) is 8.83. The van der Waals surface area contributed by atoms with E-state index in [9.17, 15) is 0 Å². The smallest absolute Gasteiger partial charge is 0 e. The fourth-order valence-corrected chi connectivity index (χ4v) is 0. The van der Waals surface area contributed by atoms with Gasteiger partial charge in [0.1, 0.15) is 0 Å². The summed E-state index contributed by atoms with van der Waals surface area (Å²) in [4.78, 5) is 0. The van der Waals surface area contributed by atoms with Crippen LogP contribution in [0.4, 0.5) is 0 Å². The van der Waals surface area contributed by atoms with E-state index in [1.165, 1.54) is 0 Å². The standard InChI is InChI=1S/Ge.In.Ni.Sn. The van der Waals surface area contributed by atoms with Crippen LogP contribution < -0.4 is 0 Å². The van der Waals surface area contributed by atoms with Gasteiger partial charge < -0.3 is 0 Å². The van der Waals surface area contributed by atoms with Crippen molar-refractivity contribution in [2.45, 2.75) is 0 Å². The van der Waals surface area contributed by atoms with Crippen LogP contribution in [0, 0.1) is 0 Å². The van der Waals surface area contributed by atoms with E-state index in [0.29, 0.717) is 0 Å². The van der Waals surface area contributed by atoms with Gasteiger partial charge in [-0.3, -0.25) is 0 Å². The van der Waals surface area contributed by atoms with Crippen molar-refractivity contribution in [3.05, 3.63) is 0 Å². The van der Waals surface area contributed by atoms with Gasteiger partial charge in [0.05, 0.1) is 0 Å². The topological polar surface area (TPSA) is 0 Å². The van der Waals surface area contributed by atoms with E-state index in [2.05, 4.69) is 0 Å². The molecule has 0 aromatic carbocycles. The minimum Gasteiger partial charge on any atom is 0 e. The van der Waals surface area contributed by atoms with Gasteiger partial charge in [0.2, 0.25) is 0 Å². The zero-order chi connectivity index (χ0) is 0. The van der Waals surface area contributed by atoms with Gasteiger partial charge in [-0.25, -0.2) is 0 Å². The van der Waals surface area contributed by atoms with E-state index >= 15 is 0 Å². The molecule has 0 N–H and O–H groups in total. The van der Waals surface area contributed by atoms with E-state index in [4.69, 9.17) is 0 Å². The van der Waals surface area contributed by atoms with Crippen LogP contribution in [0.1, 0.15) is 0 Å². The van der Waals surface area contributed by atoms with E-state index in [-0.39, 0.29) is 83.8 Å². The normalized spacial score (nSPS) is 0. The summed E-state index contributed by atoms with van der Waals surface area (Å²) >= 11 is 0. The van der Waals surface area contributed by atoms with Gasteiger partial charge in [-0.15, -0.1) is 0 Å². The first kappa shape index (κ1) is 29.8. The molecule has 0 heterocycles. The van der Waals surface area contributed by atoms with Gasteiger partial charge in [0, 0.05) is 83.8 Å². The van der Waals surface area contributed by atoms with Gasteiger partial charge in [0.25, 0.3) is 0 Å². The Morgan fingerprint density at radius 1 is 1.00 bits per heavy atom. The van der Waals surface area contributed by atoms with Crippen LogP contribution in [0.25, 0.3) is 0 Å². The number of rotatable bonds is 0. The Morgan fingerprint density at radius 3 is 1.00 bits per heavy atom. The molecular formula is GeInNiSn. The Morgan fingerprint density at radius 2 is 1.00 bits per heavy atom. The van der Waals surface area contributed by atoms with Gasteiger partial charge in [-0.05, 0) is 0 Å². The second-order valence-corrected chi connectivity index (χ2v) is 0. The zero-order valence-electron chi connectivity index (χ0n) is 1.89. The minimum absolute atomic E-state index is 0. The molecule has 0 aliphatic rings. The first-order chi connectivity index (χ1) is 0. The molecule has 0 nitrogen and oxygen atoms in total. The van der Waals surface area contributed by atoms with Crippen LogP contribution in [0.15, 0.2) is 0 Å². The molecule has 0 aliphatic heterocycles. The van der Waals surface area contributed by atoms with E-state index in [1.54, 1.807) is 0 Å². The molecule has 0 atom stereocenters. The SMILES string of the molecule is [Ge].[In].[Ni].[Sn]. The first-order valence-corrected chi connectivity index (χ1v) is 0. The molecule has 0 unspecified atom stereocenters.